The SMILES string of the molecule is CC(C)C(NC(=O)CN1C(=O)NC(Cc2ccccc2)(c2ccccc2)C1=O)c1ccccc1. The van der Waals surface area contributed by atoms with Crippen molar-refractivity contribution in [3.8, 4) is 0 Å². The Hall–Kier alpha value is -3.93. The minimum absolute atomic E-state index is 0.135. The van der Waals surface area contributed by atoms with E-state index in [9.17, 15) is 14.4 Å². The molecule has 2 atom stereocenters. The standard InChI is InChI=1S/C28H29N3O3/c1-20(2)25(22-14-8-4-9-15-22)29-24(32)19-31-26(33)28(30-27(31)34,23-16-10-5-11-17-23)18-21-12-6-3-7-13-21/h3-17,20,25H,18-19H2,1-2H3,(H,29,32)(H,30,34). The second-order valence-electron chi connectivity index (χ2n) is 8.96. The molecule has 174 valence electrons. The molecule has 0 radical (unpaired) electrons. The number of amides is 4. The number of hydrogen-bond donors (Lipinski definition) is 2. The van der Waals surface area contributed by atoms with Crippen molar-refractivity contribution < 1.29 is 14.4 Å². The monoisotopic (exact) mass is 455 g/mol. The fourth-order valence-corrected chi connectivity index (χ4v) is 4.47. The molecule has 0 saturated carbocycles. The van der Waals surface area contributed by atoms with Gasteiger partial charge >= 0.3 is 6.03 Å². The lowest BCUT2D eigenvalue weighted by atomic mass is 9.83. The van der Waals surface area contributed by atoms with E-state index in [1.807, 2.05) is 105 Å². The number of nitrogens with one attached hydrogen (secondary N) is 2. The zero-order valence-electron chi connectivity index (χ0n) is 19.4. The van der Waals surface area contributed by atoms with Crippen LogP contribution in [-0.2, 0) is 21.5 Å². The molecule has 4 rings (SSSR count). The Kier molecular flexibility index (Phi) is 6.77. The fraction of sp³-hybridized carbons (Fsp3) is 0.250. The summed E-state index contributed by atoms with van der Waals surface area (Å²) in [5.41, 5.74) is 1.31. The van der Waals surface area contributed by atoms with Gasteiger partial charge in [-0.2, -0.15) is 0 Å². The van der Waals surface area contributed by atoms with Crippen LogP contribution >= 0.6 is 0 Å². The van der Waals surface area contributed by atoms with E-state index >= 15 is 0 Å². The summed E-state index contributed by atoms with van der Waals surface area (Å²) in [4.78, 5) is 40.8. The van der Waals surface area contributed by atoms with Gasteiger partial charge in [0.2, 0.25) is 5.91 Å². The fourth-order valence-electron chi connectivity index (χ4n) is 4.47. The van der Waals surface area contributed by atoms with Crippen LogP contribution in [0, 0.1) is 5.92 Å². The average Bonchev–Trinajstić information content (AvgIpc) is 3.09. The summed E-state index contributed by atoms with van der Waals surface area (Å²) in [5.74, 6) is -0.672. The van der Waals surface area contributed by atoms with E-state index in [0.29, 0.717) is 12.0 Å². The number of nitrogens with zero attached hydrogens (tertiary/aromatic N) is 1. The molecule has 6 heteroatoms. The maximum absolute atomic E-state index is 13.7. The van der Waals surface area contributed by atoms with Crippen LogP contribution in [0.25, 0.3) is 0 Å². The predicted octanol–water partition coefficient (Wildman–Crippen LogP) is 4.19. The molecule has 34 heavy (non-hydrogen) atoms. The second-order valence-corrected chi connectivity index (χ2v) is 8.96. The molecular weight excluding hydrogens is 426 g/mol. The van der Waals surface area contributed by atoms with Crippen molar-refractivity contribution in [1.29, 1.82) is 0 Å². The summed E-state index contributed by atoms with van der Waals surface area (Å²) in [6.45, 7) is 3.70. The molecule has 2 unspecified atom stereocenters. The summed E-state index contributed by atoms with van der Waals surface area (Å²) in [5, 5.41) is 5.91. The van der Waals surface area contributed by atoms with Crippen LogP contribution in [0.2, 0.25) is 0 Å². The van der Waals surface area contributed by atoms with Crippen molar-refractivity contribution in [2.75, 3.05) is 6.54 Å². The van der Waals surface area contributed by atoms with Gasteiger partial charge in [-0.3, -0.25) is 14.5 Å². The molecule has 0 aliphatic carbocycles. The first-order valence-corrected chi connectivity index (χ1v) is 11.5. The summed E-state index contributed by atoms with van der Waals surface area (Å²) in [7, 11) is 0. The normalized spacial score (nSPS) is 18.6. The van der Waals surface area contributed by atoms with Crippen LogP contribution in [-0.4, -0.2) is 29.3 Å². The van der Waals surface area contributed by atoms with Gasteiger partial charge in [-0.15, -0.1) is 0 Å². The molecule has 0 spiro atoms. The highest BCUT2D eigenvalue weighted by atomic mass is 16.2. The van der Waals surface area contributed by atoms with Crippen molar-refractivity contribution in [3.63, 3.8) is 0 Å². The zero-order valence-corrected chi connectivity index (χ0v) is 19.4. The van der Waals surface area contributed by atoms with Gasteiger partial charge in [-0.1, -0.05) is 105 Å². The van der Waals surface area contributed by atoms with Crippen molar-refractivity contribution >= 4 is 17.8 Å². The van der Waals surface area contributed by atoms with E-state index in [2.05, 4.69) is 10.6 Å². The number of carbonyl (C=O) groups excluding carboxylic acids is 3. The third-order valence-electron chi connectivity index (χ3n) is 6.20. The number of urea groups is 1. The predicted molar refractivity (Wildman–Crippen MR) is 131 cm³/mol. The number of imide groups is 1. The average molecular weight is 456 g/mol. The molecule has 1 heterocycles. The highest BCUT2D eigenvalue weighted by Crippen LogP contribution is 2.33. The molecular formula is C28H29N3O3. The highest BCUT2D eigenvalue weighted by Gasteiger charge is 2.52. The Balaban J connectivity index is 1.58. The number of carbonyl (C=O) groups is 3. The van der Waals surface area contributed by atoms with Crippen LogP contribution in [0.5, 0.6) is 0 Å². The van der Waals surface area contributed by atoms with E-state index in [1.165, 1.54) is 0 Å². The quantitative estimate of drug-likeness (QED) is 0.500. The van der Waals surface area contributed by atoms with E-state index in [1.54, 1.807) is 0 Å². The van der Waals surface area contributed by atoms with E-state index < -0.39 is 17.5 Å². The van der Waals surface area contributed by atoms with Gasteiger partial charge in [0.1, 0.15) is 6.54 Å². The van der Waals surface area contributed by atoms with Gasteiger partial charge in [0, 0.05) is 6.42 Å². The lowest BCUT2D eigenvalue weighted by Gasteiger charge is -2.28. The number of hydrogen-bond acceptors (Lipinski definition) is 3. The van der Waals surface area contributed by atoms with Gasteiger partial charge in [-0.05, 0) is 22.6 Å². The Morgan fingerprint density at radius 2 is 1.44 bits per heavy atom. The Morgan fingerprint density at radius 1 is 0.882 bits per heavy atom. The van der Waals surface area contributed by atoms with Crippen LogP contribution in [0.3, 0.4) is 0 Å². The third-order valence-corrected chi connectivity index (χ3v) is 6.20. The first-order chi connectivity index (χ1) is 16.4. The maximum Gasteiger partial charge on any atom is 0.325 e. The minimum atomic E-state index is -1.27. The molecule has 3 aromatic carbocycles. The van der Waals surface area contributed by atoms with Crippen LogP contribution < -0.4 is 10.6 Å². The van der Waals surface area contributed by atoms with E-state index in [4.69, 9.17) is 0 Å². The van der Waals surface area contributed by atoms with Gasteiger partial charge in [-0.25, -0.2) is 4.79 Å². The van der Waals surface area contributed by atoms with Crippen LogP contribution in [0.15, 0.2) is 91.0 Å². The summed E-state index contributed by atoms with van der Waals surface area (Å²) >= 11 is 0. The highest BCUT2D eigenvalue weighted by molar-refractivity contribution is 6.09. The number of benzene rings is 3. The van der Waals surface area contributed by atoms with Crippen molar-refractivity contribution in [2.24, 2.45) is 5.92 Å². The zero-order chi connectivity index (χ0) is 24.1. The molecule has 2 N–H and O–H groups in total. The third kappa shape index (κ3) is 4.71. The van der Waals surface area contributed by atoms with Crippen LogP contribution in [0.1, 0.15) is 36.6 Å². The van der Waals surface area contributed by atoms with Crippen molar-refractivity contribution in [2.45, 2.75) is 31.8 Å². The molecule has 4 amide bonds. The first-order valence-electron chi connectivity index (χ1n) is 11.5. The van der Waals surface area contributed by atoms with E-state index in [-0.39, 0.29) is 24.4 Å². The van der Waals surface area contributed by atoms with Crippen LogP contribution in [0.4, 0.5) is 4.79 Å². The Labute approximate surface area is 200 Å². The van der Waals surface area contributed by atoms with Crippen molar-refractivity contribution in [1.82, 2.24) is 15.5 Å². The van der Waals surface area contributed by atoms with Crippen molar-refractivity contribution in [3.05, 3.63) is 108 Å². The summed E-state index contributed by atoms with van der Waals surface area (Å²) in [6, 6.07) is 27.6. The molecule has 3 aromatic rings. The Morgan fingerprint density at radius 3 is 2.03 bits per heavy atom. The van der Waals surface area contributed by atoms with Gasteiger partial charge < -0.3 is 10.6 Å². The largest absolute Gasteiger partial charge is 0.347 e. The molecule has 0 bridgehead atoms. The Bertz CT molecular complexity index is 1150. The van der Waals surface area contributed by atoms with Gasteiger partial charge in [0.25, 0.3) is 5.91 Å². The van der Waals surface area contributed by atoms with Gasteiger partial charge in [0.05, 0.1) is 6.04 Å². The summed E-state index contributed by atoms with van der Waals surface area (Å²) in [6.07, 6.45) is 0.291. The molecule has 1 fully saturated rings. The first kappa shape index (κ1) is 23.2. The maximum atomic E-state index is 13.7. The lowest BCUT2D eigenvalue weighted by Crippen LogP contribution is -2.47. The molecule has 1 saturated heterocycles. The van der Waals surface area contributed by atoms with Gasteiger partial charge in [0.15, 0.2) is 5.54 Å². The summed E-state index contributed by atoms with van der Waals surface area (Å²) < 4.78 is 0. The smallest absolute Gasteiger partial charge is 0.325 e. The topological polar surface area (TPSA) is 78.5 Å². The molecule has 6 nitrogen and oxygen atoms in total. The lowest BCUT2D eigenvalue weighted by molar-refractivity contribution is -0.135. The molecule has 1 aliphatic heterocycles. The second kappa shape index (κ2) is 9.91. The molecule has 0 aromatic heterocycles. The number of rotatable bonds is 8. The van der Waals surface area contributed by atoms with E-state index in [0.717, 1.165) is 16.0 Å². The minimum Gasteiger partial charge on any atom is -0.347 e. The molecule has 1 aliphatic rings.